The Bertz CT molecular complexity index is 2540. The van der Waals surface area contributed by atoms with Crippen LogP contribution in [-0.2, 0) is 16.6 Å². The number of fused-ring (bicyclic) bond motifs is 1. The number of piperazine rings is 1. The second-order valence-electron chi connectivity index (χ2n) is 14.9. The molecule has 0 bridgehead atoms. The number of sulfonamides is 1. The Morgan fingerprint density at radius 1 is 0.898 bits per heavy atom. The van der Waals surface area contributed by atoms with E-state index >= 15 is 0 Å². The zero-order valence-electron chi connectivity index (χ0n) is 33.2. The first-order chi connectivity index (χ1) is 28.4. The van der Waals surface area contributed by atoms with E-state index in [1.807, 2.05) is 74.8 Å². The predicted molar refractivity (Wildman–Crippen MR) is 240 cm³/mol. The van der Waals surface area contributed by atoms with Crippen molar-refractivity contribution < 1.29 is 13.3 Å². The summed E-state index contributed by atoms with van der Waals surface area (Å²) >= 11 is 7.90. The van der Waals surface area contributed by atoms with Gasteiger partial charge < -0.3 is 15.1 Å². The van der Waals surface area contributed by atoms with Gasteiger partial charge in [-0.25, -0.2) is 18.4 Å². The molecule has 1 atom stereocenters. The van der Waals surface area contributed by atoms with Crippen LogP contribution in [0.4, 0.5) is 22.9 Å². The van der Waals surface area contributed by atoms with Crippen molar-refractivity contribution >= 4 is 67.2 Å². The largest absolute Gasteiger partial charge is 0.376 e. The van der Waals surface area contributed by atoms with Gasteiger partial charge in [-0.05, 0) is 111 Å². The number of hydrogen-bond acceptors (Lipinski definition) is 11. The normalized spacial score (nSPS) is 14.1. The molecular weight excluding hydrogens is 804 g/mol. The molecule has 1 aliphatic heterocycles. The summed E-state index contributed by atoms with van der Waals surface area (Å²) in [6.07, 6.45) is 2.05. The minimum absolute atomic E-state index is 0.0903. The van der Waals surface area contributed by atoms with Crippen molar-refractivity contribution in [3.63, 3.8) is 0 Å². The summed E-state index contributed by atoms with van der Waals surface area (Å²) in [5.74, 6) is 0.753. The van der Waals surface area contributed by atoms with Crippen molar-refractivity contribution in [2.24, 2.45) is 0 Å². The number of benzene rings is 5. The number of nitro benzene ring substituents is 1. The SMILES string of the molecule is Cc1cc(Cl)ccc1-c1ccccc1CN1CCN(c2ccc3c(NS(=O)(=O)c4ccc(N[C@H](CCN(C)C)CSc5ccccc5)c([N+](=O)[O-])c4)ncnc3c2)CC1. The second-order valence-corrected chi connectivity index (χ2v) is 18.1. The van der Waals surface area contributed by atoms with Crippen molar-refractivity contribution in [1.82, 2.24) is 19.8 Å². The fraction of sp³-hybridized carbons (Fsp3) is 0.273. The van der Waals surface area contributed by atoms with Gasteiger partial charge in [-0.1, -0.05) is 60.1 Å². The molecule has 12 nitrogen and oxygen atoms in total. The third kappa shape index (κ3) is 10.5. The third-order valence-corrected chi connectivity index (χ3v) is 13.2. The molecule has 0 amide bonds. The molecular formula is C44H47ClN8O4S2. The molecule has 2 heterocycles. The highest BCUT2D eigenvalue weighted by Crippen LogP contribution is 2.33. The van der Waals surface area contributed by atoms with Gasteiger partial charge in [0.1, 0.15) is 12.0 Å². The fourth-order valence-electron chi connectivity index (χ4n) is 7.26. The van der Waals surface area contributed by atoms with E-state index in [0.29, 0.717) is 16.7 Å². The summed E-state index contributed by atoms with van der Waals surface area (Å²) in [5, 5.41) is 16.9. The number of nitrogens with one attached hydrogen (secondary N) is 2. The number of hydrogen-bond donors (Lipinski definition) is 2. The monoisotopic (exact) mass is 850 g/mol. The topological polar surface area (TPSA) is 137 Å². The van der Waals surface area contributed by atoms with Crippen LogP contribution < -0.4 is 14.9 Å². The van der Waals surface area contributed by atoms with E-state index < -0.39 is 14.9 Å². The molecule has 1 saturated heterocycles. The lowest BCUT2D eigenvalue weighted by Gasteiger charge is -2.36. The Balaban J connectivity index is 1.02. The van der Waals surface area contributed by atoms with Crippen LogP contribution in [-0.4, -0.2) is 91.7 Å². The van der Waals surface area contributed by atoms with Crippen molar-refractivity contribution in [2.45, 2.75) is 35.7 Å². The molecule has 15 heteroatoms. The highest BCUT2D eigenvalue weighted by atomic mass is 35.5. The second kappa shape index (κ2) is 18.8. The number of aromatic nitrogens is 2. The molecule has 0 unspecified atom stereocenters. The van der Waals surface area contributed by atoms with E-state index in [1.165, 1.54) is 35.2 Å². The van der Waals surface area contributed by atoms with Gasteiger partial charge in [0.2, 0.25) is 0 Å². The van der Waals surface area contributed by atoms with Crippen LogP contribution in [0, 0.1) is 17.0 Å². The van der Waals surface area contributed by atoms with Gasteiger partial charge in [0, 0.05) is 71.6 Å². The van der Waals surface area contributed by atoms with Gasteiger partial charge in [-0.3, -0.25) is 19.7 Å². The summed E-state index contributed by atoms with van der Waals surface area (Å²) in [5.41, 5.74) is 6.29. The molecule has 6 aromatic rings. The highest BCUT2D eigenvalue weighted by Gasteiger charge is 2.25. The van der Waals surface area contributed by atoms with E-state index in [0.717, 1.165) is 72.9 Å². The van der Waals surface area contributed by atoms with Crippen LogP contribution in [0.25, 0.3) is 22.0 Å². The average Bonchev–Trinajstić information content (AvgIpc) is 3.22. The van der Waals surface area contributed by atoms with E-state index in [1.54, 1.807) is 11.8 Å². The Morgan fingerprint density at radius 3 is 2.41 bits per heavy atom. The third-order valence-electron chi connectivity index (χ3n) is 10.4. The number of aryl methyl sites for hydroxylation is 1. The maximum absolute atomic E-state index is 13.8. The van der Waals surface area contributed by atoms with Crippen molar-refractivity contribution in [1.29, 1.82) is 0 Å². The van der Waals surface area contributed by atoms with Crippen LogP contribution in [0.15, 0.2) is 125 Å². The summed E-state index contributed by atoms with van der Waals surface area (Å²) in [6, 6.07) is 34.0. The van der Waals surface area contributed by atoms with Crippen LogP contribution >= 0.6 is 23.4 Å². The van der Waals surface area contributed by atoms with Crippen molar-refractivity contribution in [3.05, 3.63) is 142 Å². The van der Waals surface area contributed by atoms with Crippen LogP contribution in [0.3, 0.4) is 0 Å². The predicted octanol–water partition coefficient (Wildman–Crippen LogP) is 8.81. The zero-order chi connectivity index (χ0) is 41.5. The van der Waals surface area contributed by atoms with Gasteiger partial charge in [-0.15, -0.1) is 11.8 Å². The Hall–Kier alpha value is -5.25. The first kappa shape index (κ1) is 41.9. The molecule has 2 N–H and O–H groups in total. The van der Waals surface area contributed by atoms with Crippen molar-refractivity contribution in [2.75, 3.05) is 67.5 Å². The molecule has 306 valence electrons. The molecule has 1 fully saturated rings. The van der Waals surface area contributed by atoms with E-state index in [2.05, 4.69) is 72.0 Å². The van der Waals surface area contributed by atoms with Gasteiger partial charge >= 0.3 is 0 Å². The van der Waals surface area contributed by atoms with Crippen molar-refractivity contribution in [3.8, 4) is 11.1 Å². The summed E-state index contributed by atoms with van der Waals surface area (Å²) in [4.78, 5) is 28.2. The van der Waals surface area contributed by atoms with Crippen LogP contribution in [0.2, 0.25) is 5.02 Å². The summed E-state index contributed by atoms with van der Waals surface area (Å²) in [6.45, 7) is 7.03. The molecule has 0 saturated carbocycles. The first-order valence-electron chi connectivity index (χ1n) is 19.4. The number of nitro groups is 1. The molecule has 0 aliphatic carbocycles. The lowest BCUT2D eigenvalue weighted by atomic mass is 9.95. The Kier molecular flexibility index (Phi) is 13.3. The maximum Gasteiger partial charge on any atom is 0.293 e. The van der Waals surface area contributed by atoms with Gasteiger partial charge in [0.15, 0.2) is 5.82 Å². The zero-order valence-corrected chi connectivity index (χ0v) is 35.6. The molecule has 0 radical (unpaired) electrons. The van der Waals surface area contributed by atoms with E-state index in [9.17, 15) is 18.5 Å². The van der Waals surface area contributed by atoms with Crippen LogP contribution in [0.1, 0.15) is 17.5 Å². The number of anilines is 3. The van der Waals surface area contributed by atoms with E-state index in [-0.39, 0.29) is 28.1 Å². The van der Waals surface area contributed by atoms with E-state index in [4.69, 9.17) is 11.6 Å². The molecule has 5 aromatic carbocycles. The minimum atomic E-state index is -4.27. The average molecular weight is 851 g/mol. The smallest absolute Gasteiger partial charge is 0.293 e. The number of thioether (sulfide) groups is 1. The Morgan fingerprint density at radius 2 is 1.66 bits per heavy atom. The standard InChI is InChI=1S/C44H47ClN8O4S2/c1-31-25-33(45)13-16-38(31)39-12-8-7-9-32(39)28-51-21-23-52(24-22-51)35-14-17-40-42(26-35)46-30-47-44(40)49-59(56,57)37-15-18-41(43(27-37)53(54)55)48-34(19-20-50(2)3)29-58-36-10-5-4-6-11-36/h4-18,25-27,30,34,48H,19-24,28-29H2,1-3H3,(H,46,47,49)/t34-/m1/s1. The summed E-state index contributed by atoms with van der Waals surface area (Å²) in [7, 11) is -0.312. The molecule has 59 heavy (non-hydrogen) atoms. The quantitative estimate of drug-likeness (QED) is 0.0549. The molecule has 0 spiro atoms. The minimum Gasteiger partial charge on any atom is -0.376 e. The first-order valence-corrected chi connectivity index (χ1v) is 22.2. The van der Waals surface area contributed by atoms with Gasteiger partial charge in [0.25, 0.3) is 15.7 Å². The highest BCUT2D eigenvalue weighted by molar-refractivity contribution is 7.99. The molecule has 1 aliphatic rings. The number of halogens is 1. The molecule has 7 rings (SSSR count). The lowest BCUT2D eigenvalue weighted by Crippen LogP contribution is -2.46. The van der Waals surface area contributed by atoms with Gasteiger partial charge in [0.05, 0.1) is 15.3 Å². The number of nitrogens with zero attached hydrogens (tertiary/aromatic N) is 6. The number of rotatable bonds is 16. The Labute approximate surface area is 354 Å². The van der Waals surface area contributed by atoms with Gasteiger partial charge in [-0.2, -0.15) is 0 Å². The maximum atomic E-state index is 13.8. The van der Waals surface area contributed by atoms with Crippen LogP contribution in [0.5, 0.6) is 0 Å². The molecule has 1 aromatic heterocycles. The lowest BCUT2D eigenvalue weighted by molar-refractivity contribution is -0.384. The summed E-state index contributed by atoms with van der Waals surface area (Å²) < 4.78 is 30.1. The fourth-order valence-corrected chi connectivity index (χ4v) is 9.53.